The molecule has 0 unspecified atom stereocenters. The minimum Gasteiger partial charge on any atom is -0.318 e. The summed E-state index contributed by atoms with van der Waals surface area (Å²) in [7, 11) is 2.03. The average Bonchev–Trinajstić information content (AvgIpc) is 2.43. The van der Waals surface area contributed by atoms with Gasteiger partial charge in [-0.25, -0.2) is 0 Å². The third-order valence-corrected chi connectivity index (χ3v) is 2.47. The molecule has 0 spiro atoms. The minimum absolute atomic E-state index is 0.956. The molecule has 1 rings (SSSR count). The summed E-state index contributed by atoms with van der Waals surface area (Å²) in [4.78, 5) is 0. The maximum absolute atomic E-state index is 4.12. The molecule has 68 valence electrons. The molecule has 3 nitrogen and oxygen atoms in total. The van der Waals surface area contributed by atoms with Gasteiger partial charge in [-0.3, -0.25) is 0 Å². The molecule has 12 heavy (non-hydrogen) atoms. The van der Waals surface area contributed by atoms with Gasteiger partial charge in [-0.15, -0.1) is 10.2 Å². The van der Waals surface area contributed by atoms with Gasteiger partial charge in [0.25, 0.3) is 0 Å². The first-order chi connectivity index (χ1) is 5.79. The molecule has 0 fully saturated rings. The van der Waals surface area contributed by atoms with Crippen LogP contribution in [0.2, 0.25) is 0 Å². The van der Waals surface area contributed by atoms with Crippen LogP contribution in [-0.4, -0.2) is 20.1 Å². The maximum atomic E-state index is 4.12. The molecule has 4 heteroatoms. The van der Waals surface area contributed by atoms with Crippen LogP contribution in [0, 0.1) is 0 Å². The Hall–Kier alpha value is -0.380. The van der Waals surface area contributed by atoms with Crippen LogP contribution in [0.25, 0.3) is 0 Å². The molecule has 0 aliphatic carbocycles. The van der Waals surface area contributed by atoms with E-state index in [1.807, 2.05) is 7.05 Å². The van der Waals surface area contributed by atoms with E-state index in [9.17, 15) is 0 Å². The lowest BCUT2D eigenvalue weighted by atomic mass is 10.3. The van der Waals surface area contributed by atoms with E-state index in [1.54, 1.807) is 0 Å². The van der Waals surface area contributed by atoms with E-state index in [0.29, 0.717) is 0 Å². The van der Waals surface area contributed by atoms with Gasteiger partial charge in [-0.1, -0.05) is 22.9 Å². The van der Waals surface area contributed by atoms with E-state index in [4.69, 9.17) is 0 Å². The lowest BCUT2D eigenvalue weighted by molar-refractivity contribution is 0.734. The van der Waals surface area contributed by atoms with Crippen molar-refractivity contribution < 1.29 is 0 Å². The Labute approximate surface area is 81.3 Å². The molecule has 0 aliphatic rings. The SMILES string of the molecule is CCc1nnc(CCCBr)n1C. The molecule has 0 aromatic carbocycles. The zero-order chi connectivity index (χ0) is 8.97. The second-order valence-electron chi connectivity index (χ2n) is 2.74. The van der Waals surface area contributed by atoms with Crippen LogP contribution >= 0.6 is 15.9 Å². The quantitative estimate of drug-likeness (QED) is 0.740. The zero-order valence-electron chi connectivity index (χ0n) is 7.55. The third kappa shape index (κ3) is 2.06. The Morgan fingerprint density at radius 3 is 2.50 bits per heavy atom. The van der Waals surface area contributed by atoms with Crippen molar-refractivity contribution in [3.8, 4) is 0 Å². The van der Waals surface area contributed by atoms with Gasteiger partial charge in [0.2, 0.25) is 0 Å². The van der Waals surface area contributed by atoms with Gasteiger partial charge in [-0.05, 0) is 6.42 Å². The first kappa shape index (κ1) is 9.71. The number of rotatable bonds is 4. The highest BCUT2D eigenvalue weighted by molar-refractivity contribution is 9.09. The van der Waals surface area contributed by atoms with Crippen molar-refractivity contribution in [3.05, 3.63) is 11.6 Å². The van der Waals surface area contributed by atoms with Gasteiger partial charge in [0.1, 0.15) is 11.6 Å². The molecule has 0 amide bonds. The van der Waals surface area contributed by atoms with Crippen molar-refractivity contribution in [1.29, 1.82) is 0 Å². The number of halogens is 1. The highest BCUT2D eigenvalue weighted by Crippen LogP contribution is 2.03. The summed E-state index contributed by atoms with van der Waals surface area (Å²) >= 11 is 3.40. The standard InChI is InChI=1S/C8H14BrN3/c1-3-7-10-11-8(12(7)2)5-4-6-9/h3-6H2,1-2H3. The Balaban J connectivity index is 2.66. The van der Waals surface area contributed by atoms with Crippen molar-refractivity contribution in [3.63, 3.8) is 0 Å². The van der Waals surface area contributed by atoms with Crippen LogP contribution < -0.4 is 0 Å². The number of aromatic nitrogens is 3. The zero-order valence-corrected chi connectivity index (χ0v) is 9.13. The van der Waals surface area contributed by atoms with Gasteiger partial charge in [-0.2, -0.15) is 0 Å². The monoisotopic (exact) mass is 231 g/mol. The molecule has 0 atom stereocenters. The smallest absolute Gasteiger partial charge is 0.132 e. The molecule has 0 N–H and O–H groups in total. The molecule has 1 aromatic rings. The molecule has 1 heterocycles. The summed E-state index contributed by atoms with van der Waals surface area (Å²) in [5.41, 5.74) is 0. The van der Waals surface area contributed by atoms with Crippen LogP contribution in [0.1, 0.15) is 25.0 Å². The Morgan fingerprint density at radius 1 is 1.33 bits per heavy atom. The van der Waals surface area contributed by atoms with Crippen molar-refractivity contribution in [2.24, 2.45) is 7.05 Å². The van der Waals surface area contributed by atoms with E-state index in [0.717, 1.165) is 36.2 Å². The van der Waals surface area contributed by atoms with Gasteiger partial charge in [0, 0.05) is 25.2 Å². The molecule has 0 bridgehead atoms. The third-order valence-electron chi connectivity index (χ3n) is 1.91. The molecular formula is C8H14BrN3. The van der Waals surface area contributed by atoms with Crippen molar-refractivity contribution in [2.75, 3.05) is 5.33 Å². The fraction of sp³-hybridized carbons (Fsp3) is 0.750. The van der Waals surface area contributed by atoms with Gasteiger partial charge >= 0.3 is 0 Å². The van der Waals surface area contributed by atoms with Gasteiger partial charge in [0.05, 0.1) is 0 Å². The summed E-state index contributed by atoms with van der Waals surface area (Å²) in [5, 5.41) is 9.23. The van der Waals surface area contributed by atoms with Gasteiger partial charge in [0.15, 0.2) is 0 Å². The van der Waals surface area contributed by atoms with Crippen LogP contribution in [0.4, 0.5) is 0 Å². The molecule has 0 aliphatic heterocycles. The minimum atomic E-state index is 0.956. The van der Waals surface area contributed by atoms with Crippen molar-refractivity contribution >= 4 is 15.9 Å². The summed E-state index contributed by atoms with van der Waals surface area (Å²) < 4.78 is 2.09. The topological polar surface area (TPSA) is 30.7 Å². The van der Waals surface area contributed by atoms with Gasteiger partial charge < -0.3 is 4.57 Å². The maximum Gasteiger partial charge on any atom is 0.132 e. The summed E-state index contributed by atoms with van der Waals surface area (Å²) in [5.74, 6) is 2.16. The lowest BCUT2D eigenvalue weighted by Crippen LogP contribution is -2.01. The molecular weight excluding hydrogens is 218 g/mol. The molecule has 0 radical (unpaired) electrons. The van der Waals surface area contributed by atoms with Crippen LogP contribution in [0.3, 0.4) is 0 Å². The Bertz CT molecular complexity index is 244. The molecule has 0 saturated heterocycles. The predicted octanol–water partition coefficient (Wildman–Crippen LogP) is 1.70. The van der Waals surface area contributed by atoms with E-state index in [2.05, 4.69) is 37.6 Å². The summed E-state index contributed by atoms with van der Waals surface area (Å²) in [6.45, 7) is 2.10. The van der Waals surface area contributed by atoms with Crippen LogP contribution in [-0.2, 0) is 19.9 Å². The van der Waals surface area contributed by atoms with Crippen molar-refractivity contribution in [2.45, 2.75) is 26.2 Å². The highest BCUT2D eigenvalue weighted by atomic mass is 79.9. The largest absolute Gasteiger partial charge is 0.318 e. The van der Waals surface area contributed by atoms with E-state index < -0.39 is 0 Å². The number of nitrogens with zero attached hydrogens (tertiary/aromatic N) is 3. The number of hydrogen-bond acceptors (Lipinski definition) is 2. The molecule has 1 aromatic heterocycles. The number of hydrogen-bond donors (Lipinski definition) is 0. The fourth-order valence-corrected chi connectivity index (χ4v) is 1.43. The molecule has 0 saturated carbocycles. The average molecular weight is 232 g/mol. The Morgan fingerprint density at radius 2 is 2.00 bits per heavy atom. The summed E-state index contributed by atoms with van der Waals surface area (Å²) in [6, 6.07) is 0. The van der Waals surface area contributed by atoms with Crippen LogP contribution in [0.15, 0.2) is 0 Å². The second kappa shape index (κ2) is 4.60. The fourth-order valence-electron chi connectivity index (χ4n) is 1.15. The number of alkyl halides is 1. The first-order valence-corrected chi connectivity index (χ1v) is 5.34. The van der Waals surface area contributed by atoms with E-state index >= 15 is 0 Å². The van der Waals surface area contributed by atoms with Crippen LogP contribution in [0.5, 0.6) is 0 Å². The lowest BCUT2D eigenvalue weighted by Gasteiger charge is -2.00. The summed E-state index contributed by atoms with van der Waals surface area (Å²) in [6.07, 6.45) is 3.09. The Kier molecular flexibility index (Phi) is 3.72. The van der Waals surface area contributed by atoms with E-state index in [1.165, 1.54) is 0 Å². The second-order valence-corrected chi connectivity index (χ2v) is 3.53. The predicted molar refractivity (Wildman–Crippen MR) is 52.5 cm³/mol. The highest BCUT2D eigenvalue weighted by Gasteiger charge is 2.05. The first-order valence-electron chi connectivity index (χ1n) is 4.22. The van der Waals surface area contributed by atoms with E-state index in [-0.39, 0.29) is 0 Å². The normalized spacial score (nSPS) is 10.6. The number of aryl methyl sites for hydroxylation is 2. The van der Waals surface area contributed by atoms with Crippen molar-refractivity contribution in [1.82, 2.24) is 14.8 Å².